The lowest BCUT2D eigenvalue weighted by atomic mass is 10.1. The Balaban J connectivity index is 1.95. The van der Waals surface area contributed by atoms with E-state index < -0.39 is 5.97 Å². The van der Waals surface area contributed by atoms with Crippen molar-refractivity contribution in [3.8, 4) is 0 Å². The van der Waals surface area contributed by atoms with Crippen molar-refractivity contribution in [3.63, 3.8) is 0 Å². The third-order valence-corrected chi connectivity index (χ3v) is 2.88. The van der Waals surface area contributed by atoms with Crippen LogP contribution in [0.15, 0.2) is 42.6 Å². The zero-order valence-corrected chi connectivity index (χ0v) is 10.3. The minimum atomic E-state index is -1.01. The maximum Gasteiger partial charge on any atom is 0.335 e. The summed E-state index contributed by atoms with van der Waals surface area (Å²) in [6.07, 6.45) is 1.93. The van der Waals surface area contributed by atoms with Gasteiger partial charge in [0.25, 0.3) is 0 Å². The van der Waals surface area contributed by atoms with Crippen LogP contribution in [-0.2, 0) is 6.42 Å². The molecule has 20 heavy (non-hydrogen) atoms. The lowest BCUT2D eigenvalue weighted by Crippen LogP contribution is -1.97. The van der Waals surface area contributed by atoms with Crippen molar-refractivity contribution in [2.75, 3.05) is 0 Å². The monoisotopic (exact) mass is 271 g/mol. The standard InChI is InChI=1S/C14H10FN3O2/c15-11-3-1-2-9(6-11)7-12-16-13-8-10(14(19)20)4-5-18(13)17-12/h1-6,8H,7H2,(H,19,20). The molecule has 0 radical (unpaired) electrons. The summed E-state index contributed by atoms with van der Waals surface area (Å²) in [5.74, 6) is -0.806. The molecule has 1 N–H and O–H groups in total. The fraction of sp³-hybridized carbons (Fsp3) is 0.0714. The number of fused-ring (bicyclic) bond motifs is 1. The first-order valence-electron chi connectivity index (χ1n) is 5.95. The number of halogens is 1. The molecule has 100 valence electrons. The fourth-order valence-electron chi connectivity index (χ4n) is 1.97. The molecule has 0 aliphatic heterocycles. The van der Waals surface area contributed by atoms with E-state index in [-0.39, 0.29) is 11.4 Å². The molecule has 2 heterocycles. The predicted octanol–water partition coefficient (Wildman–Crippen LogP) is 2.16. The molecule has 0 saturated carbocycles. The van der Waals surface area contributed by atoms with E-state index in [4.69, 9.17) is 5.11 Å². The van der Waals surface area contributed by atoms with Crippen LogP contribution >= 0.6 is 0 Å². The van der Waals surface area contributed by atoms with Crippen molar-refractivity contribution >= 4 is 11.6 Å². The second-order valence-electron chi connectivity index (χ2n) is 4.36. The molecule has 0 spiro atoms. The molecular weight excluding hydrogens is 261 g/mol. The summed E-state index contributed by atoms with van der Waals surface area (Å²) in [5.41, 5.74) is 1.37. The molecule has 5 nitrogen and oxygen atoms in total. The molecule has 0 fully saturated rings. The van der Waals surface area contributed by atoms with Crippen LogP contribution in [0.3, 0.4) is 0 Å². The second kappa shape index (κ2) is 4.73. The van der Waals surface area contributed by atoms with Gasteiger partial charge in [-0.15, -0.1) is 0 Å². The van der Waals surface area contributed by atoms with E-state index in [2.05, 4.69) is 10.1 Å². The summed E-state index contributed by atoms with van der Waals surface area (Å²) < 4.78 is 14.6. The number of aromatic carboxylic acids is 1. The van der Waals surface area contributed by atoms with Crippen LogP contribution in [0, 0.1) is 5.82 Å². The van der Waals surface area contributed by atoms with Crippen LogP contribution in [0.5, 0.6) is 0 Å². The number of carboxylic acid groups (broad SMARTS) is 1. The number of carboxylic acids is 1. The Morgan fingerprint density at radius 3 is 2.90 bits per heavy atom. The normalized spacial score (nSPS) is 10.8. The molecule has 3 rings (SSSR count). The first kappa shape index (κ1) is 12.3. The van der Waals surface area contributed by atoms with Crippen molar-refractivity contribution in [1.29, 1.82) is 0 Å². The van der Waals surface area contributed by atoms with Crippen molar-refractivity contribution in [2.45, 2.75) is 6.42 Å². The summed E-state index contributed by atoms with van der Waals surface area (Å²) >= 11 is 0. The highest BCUT2D eigenvalue weighted by molar-refractivity contribution is 5.88. The number of benzene rings is 1. The molecule has 2 aromatic heterocycles. The number of hydrogen-bond acceptors (Lipinski definition) is 3. The third kappa shape index (κ3) is 2.35. The van der Waals surface area contributed by atoms with Gasteiger partial charge < -0.3 is 5.11 Å². The smallest absolute Gasteiger partial charge is 0.335 e. The molecule has 0 unspecified atom stereocenters. The van der Waals surface area contributed by atoms with Crippen LogP contribution in [0.2, 0.25) is 0 Å². The van der Waals surface area contributed by atoms with Gasteiger partial charge in [0.2, 0.25) is 0 Å². The average Bonchev–Trinajstić information content (AvgIpc) is 2.79. The van der Waals surface area contributed by atoms with E-state index in [1.54, 1.807) is 18.3 Å². The Kier molecular flexibility index (Phi) is 2.90. The molecule has 0 aliphatic carbocycles. The maximum absolute atomic E-state index is 13.1. The maximum atomic E-state index is 13.1. The Morgan fingerprint density at radius 1 is 1.30 bits per heavy atom. The average molecular weight is 271 g/mol. The highest BCUT2D eigenvalue weighted by Gasteiger charge is 2.08. The molecule has 0 amide bonds. The molecule has 0 aliphatic rings. The highest BCUT2D eigenvalue weighted by atomic mass is 19.1. The number of carbonyl (C=O) groups is 1. The van der Waals surface area contributed by atoms with Gasteiger partial charge in [0.05, 0.1) is 5.56 Å². The summed E-state index contributed by atoms with van der Waals surface area (Å²) in [6.45, 7) is 0. The Hall–Kier alpha value is -2.76. The minimum Gasteiger partial charge on any atom is -0.478 e. The quantitative estimate of drug-likeness (QED) is 0.792. The van der Waals surface area contributed by atoms with Gasteiger partial charge in [-0.05, 0) is 29.8 Å². The van der Waals surface area contributed by atoms with Gasteiger partial charge in [0, 0.05) is 12.6 Å². The van der Waals surface area contributed by atoms with E-state index in [1.807, 2.05) is 0 Å². The lowest BCUT2D eigenvalue weighted by molar-refractivity contribution is 0.0697. The van der Waals surface area contributed by atoms with Crippen LogP contribution < -0.4 is 0 Å². The molecule has 1 aromatic carbocycles. The Bertz CT molecular complexity index is 798. The SMILES string of the molecule is O=C(O)c1ccn2nc(Cc3cccc(F)c3)nc2c1. The molecule has 0 saturated heterocycles. The zero-order valence-electron chi connectivity index (χ0n) is 10.3. The third-order valence-electron chi connectivity index (χ3n) is 2.88. The van der Waals surface area contributed by atoms with Crippen LogP contribution in [0.4, 0.5) is 4.39 Å². The molecule has 6 heteroatoms. The van der Waals surface area contributed by atoms with E-state index in [1.165, 1.54) is 28.8 Å². The van der Waals surface area contributed by atoms with Gasteiger partial charge in [-0.25, -0.2) is 18.7 Å². The zero-order chi connectivity index (χ0) is 14.1. The molecule has 0 bridgehead atoms. The first-order valence-corrected chi connectivity index (χ1v) is 5.95. The topological polar surface area (TPSA) is 67.5 Å². The largest absolute Gasteiger partial charge is 0.478 e. The minimum absolute atomic E-state index is 0.155. The van der Waals surface area contributed by atoms with E-state index in [0.29, 0.717) is 17.9 Å². The number of aromatic nitrogens is 3. The van der Waals surface area contributed by atoms with Gasteiger partial charge in [0.1, 0.15) is 5.82 Å². The first-order chi connectivity index (χ1) is 9.61. The van der Waals surface area contributed by atoms with Gasteiger partial charge >= 0.3 is 5.97 Å². The molecule has 3 aromatic rings. The van der Waals surface area contributed by atoms with Gasteiger partial charge in [-0.2, -0.15) is 5.10 Å². The van der Waals surface area contributed by atoms with E-state index in [9.17, 15) is 9.18 Å². The van der Waals surface area contributed by atoms with Crippen LogP contribution in [0.1, 0.15) is 21.7 Å². The van der Waals surface area contributed by atoms with E-state index >= 15 is 0 Å². The van der Waals surface area contributed by atoms with E-state index in [0.717, 1.165) is 5.56 Å². The van der Waals surface area contributed by atoms with Crippen molar-refractivity contribution in [3.05, 3.63) is 65.4 Å². The summed E-state index contributed by atoms with van der Waals surface area (Å²) in [7, 11) is 0. The lowest BCUT2D eigenvalue weighted by Gasteiger charge is -1.96. The summed E-state index contributed by atoms with van der Waals surface area (Å²) in [6, 6.07) is 9.12. The number of hydrogen-bond donors (Lipinski definition) is 1. The number of rotatable bonds is 3. The molecular formula is C14H10FN3O2. The second-order valence-corrected chi connectivity index (χ2v) is 4.36. The summed E-state index contributed by atoms with van der Waals surface area (Å²) in [4.78, 5) is 15.1. The number of pyridine rings is 1. The Morgan fingerprint density at radius 2 is 2.15 bits per heavy atom. The Labute approximate surface area is 113 Å². The van der Waals surface area contributed by atoms with Crippen LogP contribution in [0.25, 0.3) is 5.65 Å². The van der Waals surface area contributed by atoms with Gasteiger partial charge in [-0.3, -0.25) is 0 Å². The van der Waals surface area contributed by atoms with Crippen molar-refractivity contribution in [1.82, 2.24) is 14.6 Å². The predicted molar refractivity (Wildman–Crippen MR) is 69.2 cm³/mol. The highest BCUT2D eigenvalue weighted by Crippen LogP contribution is 2.11. The summed E-state index contributed by atoms with van der Waals surface area (Å²) in [5, 5.41) is 13.1. The molecule has 0 atom stereocenters. The van der Waals surface area contributed by atoms with Gasteiger partial charge in [-0.1, -0.05) is 12.1 Å². The van der Waals surface area contributed by atoms with Crippen molar-refractivity contribution in [2.24, 2.45) is 0 Å². The van der Waals surface area contributed by atoms with Crippen LogP contribution in [-0.4, -0.2) is 25.7 Å². The number of nitrogens with zero attached hydrogens (tertiary/aromatic N) is 3. The van der Waals surface area contributed by atoms with Crippen molar-refractivity contribution < 1.29 is 14.3 Å². The van der Waals surface area contributed by atoms with Gasteiger partial charge in [0.15, 0.2) is 11.5 Å². The fourth-order valence-corrected chi connectivity index (χ4v) is 1.97.